The van der Waals surface area contributed by atoms with E-state index in [4.69, 9.17) is 45.1 Å². The van der Waals surface area contributed by atoms with Crippen LogP contribution in [0, 0.1) is 0 Å². The van der Waals surface area contributed by atoms with Crippen LogP contribution in [0.1, 0.15) is 13.8 Å². The van der Waals surface area contributed by atoms with Gasteiger partial charge < -0.3 is 10.3 Å². The number of carbonyl (C=O) groups is 1. The van der Waals surface area contributed by atoms with Crippen molar-refractivity contribution >= 4 is 47.0 Å². The first-order valence-electron chi connectivity index (χ1n) is 3.87. The van der Waals surface area contributed by atoms with Gasteiger partial charge in [0.25, 0.3) is 0 Å². The highest BCUT2D eigenvalue weighted by atomic mass is 35.6. The zero-order valence-electron chi connectivity index (χ0n) is 8.08. The van der Waals surface area contributed by atoms with Crippen LogP contribution in [0.5, 0.6) is 0 Å². The maximum atomic E-state index is 10.9. The van der Waals surface area contributed by atoms with Crippen LogP contribution in [0.3, 0.4) is 0 Å². The summed E-state index contributed by atoms with van der Waals surface area (Å²) in [7, 11) is 0. The monoisotopic (exact) mass is 270 g/mol. The molecule has 0 aromatic heterocycles. The fourth-order valence-electron chi connectivity index (χ4n) is 0.701. The predicted molar refractivity (Wildman–Crippen MR) is 59.3 cm³/mol. The van der Waals surface area contributed by atoms with Crippen molar-refractivity contribution < 1.29 is 14.3 Å². The summed E-state index contributed by atoms with van der Waals surface area (Å²) in [6.45, 7) is 3.52. The molecule has 0 bridgehead atoms. The van der Waals surface area contributed by atoms with E-state index in [9.17, 15) is 4.79 Å². The number of carbonyl (C=O) groups excluding carboxylic acids is 1. The van der Waals surface area contributed by atoms with E-state index >= 15 is 0 Å². The summed E-state index contributed by atoms with van der Waals surface area (Å²) in [5.41, 5.74) is 8.91. The van der Waals surface area contributed by atoms with Crippen LogP contribution in [0.15, 0.2) is 11.6 Å². The normalized spacial score (nSPS) is 12.3. The summed E-state index contributed by atoms with van der Waals surface area (Å²) in [4.78, 5) is 13.4. The highest BCUT2D eigenvalue weighted by molar-refractivity contribution is 6.68. The molecule has 0 aliphatic heterocycles. The quantitative estimate of drug-likeness (QED) is 0.198. The molecule has 4 nitrogen and oxygen atoms in total. The van der Waals surface area contributed by atoms with Crippen molar-refractivity contribution in [2.45, 2.75) is 23.7 Å². The Kier molecular flexibility index (Phi) is 5.91. The Morgan fingerprint density at radius 3 is 2.33 bits per heavy atom. The number of halogens is 3. The van der Waals surface area contributed by atoms with Gasteiger partial charge in [-0.1, -0.05) is 40.4 Å². The van der Waals surface area contributed by atoms with Gasteiger partial charge in [-0.2, -0.15) is 4.79 Å². The number of ether oxygens (including phenoxy) is 1. The second-order valence-corrected chi connectivity index (χ2v) is 5.26. The van der Waals surface area contributed by atoms with Gasteiger partial charge in [0.15, 0.2) is 6.10 Å². The topological polar surface area (TPSA) is 62.7 Å². The van der Waals surface area contributed by atoms with Crippen molar-refractivity contribution in [3.05, 3.63) is 17.2 Å². The minimum absolute atomic E-state index is 0.572. The Bertz CT molecular complexity index is 312. The SMILES string of the molecule is CC(C)=C[C@@H](OC(=O)C=[N+]=[N-])C(Cl)(Cl)Cl. The third-order valence-electron chi connectivity index (χ3n) is 1.21. The van der Waals surface area contributed by atoms with Gasteiger partial charge in [0, 0.05) is 0 Å². The molecule has 84 valence electrons. The zero-order valence-corrected chi connectivity index (χ0v) is 10.3. The average molecular weight is 272 g/mol. The third kappa shape index (κ3) is 6.52. The molecule has 0 fully saturated rings. The van der Waals surface area contributed by atoms with Gasteiger partial charge in [-0.3, -0.25) is 0 Å². The van der Waals surface area contributed by atoms with Crippen LogP contribution in [0.4, 0.5) is 0 Å². The summed E-state index contributed by atoms with van der Waals surface area (Å²) in [6, 6.07) is 0. The van der Waals surface area contributed by atoms with Gasteiger partial charge in [0.05, 0.1) is 0 Å². The second-order valence-electron chi connectivity index (χ2n) is 2.89. The highest BCUT2D eigenvalue weighted by Gasteiger charge is 2.34. The number of nitrogens with zero attached hydrogens (tertiary/aromatic N) is 2. The fourth-order valence-corrected chi connectivity index (χ4v) is 1.02. The lowest BCUT2D eigenvalue weighted by Crippen LogP contribution is -2.30. The Balaban J connectivity index is 4.75. The molecular weight excluding hydrogens is 262 g/mol. The Morgan fingerprint density at radius 1 is 1.47 bits per heavy atom. The van der Waals surface area contributed by atoms with Crippen LogP contribution in [-0.2, 0) is 9.53 Å². The molecule has 0 aromatic carbocycles. The van der Waals surface area contributed by atoms with Gasteiger partial charge >= 0.3 is 12.2 Å². The molecule has 0 aliphatic carbocycles. The molecule has 1 atom stereocenters. The summed E-state index contributed by atoms with van der Waals surface area (Å²) < 4.78 is 2.98. The van der Waals surface area contributed by atoms with Crippen molar-refractivity contribution in [3.8, 4) is 0 Å². The summed E-state index contributed by atoms with van der Waals surface area (Å²) in [5.74, 6) is -0.897. The predicted octanol–water partition coefficient (Wildman–Crippen LogP) is 2.54. The lowest BCUT2D eigenvalue weighted by Gasteiger charge is -2.20. The van der Waals surface area contributed by atoms with Crippen molar-refractivity contribution in [2.24, 2.45) is 0 Å². The molecule has 0 amide bonds. The van der Waals surface area contributed by atoms with Gasteiger partial charge in [-0.05, 0) is 19.9 Å². The molecule has 7 heteroatoms. The Morgan fingerprint density at radius 2 is 2.00 bits per heavy atom. The standard InChI is InChI=1S/C8H9Cl3N2O2/c1-5(2)3-6(8(9,10)11)15-7(14)4-13-12/h3-4,6H,1-2H3/t6-/m1/s1. The molecular formula is C8H9Cl3N2O2. The maximum absolute atomic E-state index is 10.9. The first-order chi connectivity index (χ1) is 6.77. The van der Waals surface area contributed by atoms with Gasteiger partial charge in [-0.25, -0.2) is 4.79 Å². The van der Waals surface area contributed by atoms with E-state index in [1.54, 1.807) is 13.8 Å². The van der Waals surface area contributed by atoms with Crippen molar-refractivity contribution in [3.63, 3.8) is 0 Å². The number of hydrogen-bond acceptors (Lipinski definition) is 2. The van der Waals surface area contributed by atoms with Crippen molar-refractivity contribution in [2.75, 3.05) is 0 Å². The van der Waals surface area contributed by atoms with E-state index in [0.717, 1.165) is 5.57 Å². The largest absolute Gasteiger partial charge is 0.445 e. The molecule has 0 aromatic rings. The van der Waals surface area contributed by atoms with Crippen LogP contribution >= 0.6 is 34.8 Å². The van der Waals surface area contributed by atoms with Crippen LogP contribution in [0.25, 0.3) is 5.53 Å². The first kappa shape index (κ1) is 14.5. The molecule has 0 rings (SSSR count). The maximum Gasteiger partial charge on any atom is 0.414 e. The van der Waals surface area contributed by atoms with Crippen molar-refractivity contribution in [1.29, 1.82) is 0 Å². The van der Waals surface area contributed by atoms with Gasteiger partial charge in [0.2, 0.25) is 3.79 Å². The minimum Gasteiger partial charge on any atom is -0.445 e. The molecule has 0 spiro atoms. The second kappa shape index (κ2) is 6.13. The average Bonchev–Trinajstić information content (AvgIpc) is 2.00. The molecule has 0 N–H and O–H groups in total. The molecule has 0 unspecified atom stereocenters. The summed E-state index contributed by atoms with van der Waals surface area (Å²) >= 11 is 16.8. The van der Waals surface area contributed by atoms with E-state index in [-0.39, 0.29) is 0 Å². The third-order valence-corrected chi connectivity index (χ3v) is 1.86. The van der Waals surface area contributed by atoms with Gasteiger partial charge in [0.1, 0.15) is 0 Å². The Labute approximate surface area is 102 Å². The number of rotatable bonds is 3. The number of hydrogen-bond donors (Lipinski definition) is 0. The van der Waals surface area contributed by atoms with Crippen LogP contribution in [-0.4, -0.2) is 26.9 Å². The van der Waals surface area contributed by atoms with Crippen molar-refractivity contribution in [1.82, 2.24) is 0 Å². The molecule has 0 saturated carbocycles. The van der Waals surface area contributed by atoms with Crippen LogP contribution in [0.2, 0.25) is 0 Å². The highest BCUT2D eigenvalue weighted by Crippen LogP contribution is 2.33. The fraction of sp³-hybridized carbons (Fsp3) is 0.500. The van der Waals surface area contributed by atoms with E-state index in [0.29, 0.717) is 6.21 Å². The molecule has 0 heterocycles. The smallest absolute Gasteiger partial charge is 0.414 e. The molecule has 0 aliphatic rings. The van der Waals surface area contributed by atoms with E-state index in [2.05, 4.69) is 4.79 Å². The lowest BCUT2D eigenvalue weighted by atomic mass is 10.2. The number of esters is 1. The first-order valence-corrected chi connectivity index (χ1v) is 5.00. The van der Waals surface area contributed by atoms with Crippen LogP contribution < -0.4 is 0 Å². The van der Waals surface area contributed by atoms with E-state index < -0.39 is 15.9 Å². The molecule has 0 saturated heterocycles. The minimum atomic E-state index is -1.77. The summed E-state index contributed by atoms with van der Waals surface area (Å²) in [6.07, 6.45) is 1.02. The van der Waals surface area contributed by atoms with E-state index in [1.165, 1.54) is 6.08 Å². The van der Waals surface area contributed by atoms with Gasteiger partial charge in [-0.15, -0.1) is 0 Å². The Hall–Kier alpha value is -0.540. The number of allylic oxidation sites excluding steroid dienone is 1. The number of alkyl halides is 3. The zero-order chi connectivity index (χ0) is 12.1. The molecule has 0 radical (unpaired) electrons. The van der Waals surface area contributed by atoms with E-state index in [1.807, 2.05) is 0 Å². The lowest BCUT2D eigenvalue weighted by molar-refractivity contribution is -0.141. The summed E-state index contributed by atoms with van der Waals surface area (Å²) in [5, 5.41) is 0. The molecule has 15 heavy (non-hydrogen) atoms.